The first-order valence-electron chi connectivity index (χ1n) is 21.3. The number of carbonyl (C=O) groups excluding carboxylic acids is 3. The molecule has 332 valence electrons. The Balaban J connectivity index is 0.000000195. The molecule has 0 spiro atoms. The summed E-state index contributed by atoms with van der Waals surface area (Å²) in [5.41, 5.74) is 6.54. The largest absolute Gasteiger partial charge is 0.507 e. The minimum atomic E-state index is -0.278. The molecule has 3 N–H and O–H groups in total. The summed E-state index contributed by atoms with van der Waals surface area (Å²) in [7, 11) is 0. The number of aryl methyl sites for hydroxylation is 1. The number of phenols is 1. The Hall–Kier alpha value is -5.75. The van der Waals surface area contributed by atoms with Gasteiger partial charge in [-0.15, -0.1) is 32.9 Å². The fourth-order valence-electron chi connectivity index (χ4n) is 7.76. The van der Waals surface area contributed by atoms with Crippen LogP contribution in [0.15, 0.2) is 76.8 Å². The zero-order valence-corrected chi connectivity index (χ0v) is 37.7. The number of carbonyl (C=O) groups is 3. The number of aliphatic hydroxyl groups is 1. The van der Waals surface area contributed by atoms with E-state index < -0.39 is 0 Å². The first kappa shape index (κ1) is 45.3. The molecule has 3 aliphatic rings. The van der Waals surface area contributed by atoms with Crippen molar-refractivity contribution in [1.82, 2.24) is 40.4 Å². The lowest BCUT2D eigenvalue weighted by Gasteiger charge is -2.40. The molecule has 9 rings (SSSR count). The molecule has 2 atom stereocenters. The summed E-state index contributed by atoms with van der Waals surface area (Å²) in [6.45, 7) is 14.7. The van der Waals surface area contributed by atoms with Gasteiger partial charge >= 0.3 is 0 Å². The average molecular weight is 894 g/mol. The SMILES string of the molecule is CC(C)Cc1cc(N2CCN(C(=O)CN3CC(c4cc5cc(-c6ccccc6O)nnc5s4)C3)CC2)no1.Cc1ncsc1-c1ccc([C@H](C)NC=O)cc1.O=CN1CCC(O)C1. The number of nitrogens with one attached hydrogen (secondary N) is 1. The van der Waals surface area contributed by atoms with Crippen LogP contribution in [0, 0.1) is 12.8 Å². The second-order valence-corrected chi connectivity index (χ2v) is 18.5. The smallest absolute Gasteiger partial charge is 0.236 e. The number of likely N-dealkylation sites (tertiary alicyclic amines) is 2. The van der Waals surface area contributed by atoms with Gasteiger partial charge in [0, 0.05) is 86.6 Å². The predicted octanol–water partition coefficient (Wildman–Crippen LogP) is 6.13. The highest BCUT2D eigenvalue weighted by atomic mass is 32.1. The van der Waals surface area contributed by atoms with E-state index in [0.717, 1.165) is 84.9 Å². The maximum absolute atomic E-state index is 12.9. The third-order valence-corrected chi connectivity index (χ3v) is 13.6. The first-order valence-corrected chi connectivity index (χ1v) is 23.0. The lowest BCUT2D eigenvalue weighted by atomic mass is 9.98. The molecule has 15 nitrogen and oxygen atoms in total. The highest BCUT2D eigenvalue weighted by molar-refractivity contribution is 7.18. The van der Waals surface area contributed by atoms with Crippen molar-refractivity contribution in [2.75, 3.05) is 63.8 Å². The number of anilines is 1. The van der Waals surface area contributed by atoms with E-state index in [1.807, 2.05) is 60.7 Å². The monoisotopic (exact) mass is 893 g/mol. The van der Waals surface area contributed by atoms with Crippen LogP contribution in [0.25, 0.3) is 31.9 Å². The normalized spacial score (nSPS) is 17.1. The summed E-state index contributed by atoms with van der Waals surface area (Å²) in [5.74, 6) is 3.12. The summed E-state index contributed by atoms with van der Waals surface area (Å²) in [6.07, 6.45) is 2.84. The maximum Gasteiger partial charge on any atom is 0.236 e. The number of amides is 3. The van der Waals surface area contributed by atoms with Crippen molar-refractivity contribution in [2.24, 2.45) is 5.92 Å². The molecule has 1 unspecified atom stereocenters. The first-order chi connectivity index (χ1) is 30.5. The summed E-state index contributed by atoms with van der Waals surface area (Å²) < 4.78 is 5.48. The van der Waals surface area contributed by atoms with Gasteiger partial charge in [-0.3, -0.25) is 19.3 Å². The number of rotatable bonds is 12. The van der Waals surface area contributed by atoms with Gasteiger partial charge in [-0.05, 0) is 61.6 Å². The number of benzene rings is 2. The Morgan fingerprint density at radius 3 is 2.37 bits per heavy atom. The minimum Gasteiger partial charge on any atom is -0.507 e. The van der Waals surface area contributed by atoms with Crippen LogP contribution in [-0.2, 0) is 20.8 Å². The Labute approximate surface area is 375 Å². The van der Waals surface area contributed by atoms with E-state index in [0.29, 0.717) is 55.8 Å². The molecule has 0 aliphatic carbocycles. The van der Waals surface area contributed by atoms with Crippen LogP contribution in [0.2, 0.25) is 0 Å². The highest BCUT2D eigenvalue weighted by Gasteiger charge is 2.33. The van der Waals surface area contributed by atoms with Crippen LogP contribution in [0.3, 0.4) is 0 Å². The van der Waals surface area contributed by atoms with E-state index in [9.17, 15) is 19.5 Å². The molecular formula is C46H55N9O6S2. The number of para-hydroxylation sites is 1. The van der Waals surface area contributed by atoms with E-state index in [4.69, 9.17) is 9.63 Å². The number of aromatic hydroxyl groups is 1. The molecule has 17 heteroatoms. The molecule has 6 aromatic rings. The highest BCUT2D eigenvalue weighted by Crippen LogP contribution is 2.37. The zero-order chi connectivity index (χ0) is 44.5. The Morgan fingerprint density at radius 1 is 0.968 bits per heavy atom. The van der Waals surface area contributed by atoms with Crippen molar-refractivity contribution in [3.05, 3.63) is 94.1 Å². The van der Waals surface area contributed by atoms with Gasteiger partial charge in [0.15, 0.2) is 5.82 Å². The molecule has 0 saturated carbocycles. The fourth-order valence-corrected chi connectivity index (χ4v) is 9.62. The predicted molar refractivity (Wildman–Crippen MR) is 246 cm³/mol. The van der Waals surface area contributed by atoms with Crippen LogP contribution in [0.5, 0.6) is 5.75 Å². The van der Waals surface area contributed by atoms with Gasteiger partial charge in [-0.1, -0.05) is 55.4 Å². The van der Waals surface area contributed by atoms with Gasteiger partial charge in [-0.25, -0.2) is 4.98 Å². The third kappa shape index (κ3) is 11.6. The molecule has 63 heavy (non-hydrogen) atoms. The van der Waals surface area contributed by atoms with E-state index in [1.54, 1.807) is 39.7 Å². The minimum absolute atomic E-state index is 0.0455. The van der Waals surface area contributed by atoms with Crippen LogP contribution in [-0.4, -0.2) is 129 Å². The summed E-state index contributed by atoms with van der Waals surface area (Å²) in [4.78, 5) is 48.9. The molecule has 3 fully saturated rings. The molecule has 3 aliphatic heterocycles. The van der Waals surface area contributed by atoms with Gasteiger partial charge < -0.3 is 34.8 Å². The summed E-state index contributed by atoms with van der Waals surface area (Å²) in [5, 5.41) is 35.7. The van der Waals surface area contributed by atoms with Crippen molar-refractivity contribution in [3.8, 4) is 27.4 Å². The fraction of sp³-hybridized carbons (Fsp3) is 0.413. The lowest BCUT2D eigenvalue weighted by Crippen LogP contribution is -2.54. The van der Waals surface area contributed by atoms with Gasteiger partial charge in [0.1, 0.15) is 16.3 Å². The third-order valence-electron chi connectivity index (χ3n) is 11.4. The number of hydrogen-bond donors (Lipinski definition) is 3. The van der Waals surface area contributed by atoms with Crippen molar-refractivity contribution >= 4 is 57.4 Å². The Bertz CT molecular complexity index is 2440. The molecule has 2 aromatic carbocycles. The van der Waals surface area contributed by atoms with E-state index in [2.05, 4.69) is 67.5 Å². The Kier molecular flexibility index (Phi) is 15.2. The number of fused-ring (bicyclic) bond motifs is 1. The van der Waals surface area contributed by atoms with Crippen LogP contribution >= 0.6 is 22.7 Å². The maximum atomic E-state index is 12.9. The number of hydrogen-bond acceptors (Lipinski definition) is 14. The number of aliphatic hydroxyl groups excluding tert-OH is 1. The molecule has 0 bridgehead atoms. The van der Waals surface area contributed by atoms with Crippen LogP contribution in [0.1, 0.15) is 61.0 Å². The number of thiophene rings is 1. The number of piperazine rings is 1. The molecule has 3 amide bonds. The van der Waals surface area contributed by atoms with Crippen LogP contribution < -0.4 is 10.2 Å². The van der Waals surface area contributed by atoms with Crippen molar-refractivity contribution < 1.29 is 29.1 Å². The molecular weight excluding hydrogens is 839 g/mol. The standard InChI is InChI=1S/C28H32N6O3S.C13H14N2OS.C5H9NO2/c1-18(2)11-21-14-26(31-37-21)33-7-9-34(10-8-33)27(36)17-32-15-20(16-32)25-13-19-12-23(29-30-28(19)38-25)22-5-3-4-6-24(22)35;1-9(14-7-16)11-3-5-12(6-4-11)13-10(2)15-8-17-13;7-4-6-2-1-5(8)3-6/h3-6,12-14,18,20,35H,7-11,15-17H2,1-2H3;3-9H,1-2H3,(H,14,16);4-5,8H,1-3H2/t;9-;/m.0./s1. The van der Waals surface area contributed by atoms with E-state index in [1.165, 1.54) is 15.3 Å². The van der Waals surface area contributed by atoms with E-state index >= 15 is 0 Å². The van der Waals surface area contributed by atoms with Crippen molar-refractivity contribution in [2.45, 2.75) is 58.6 Å². The topological polar surface area (TPSA) is 181 Å². The number of thiazole rings is 1. The van der Waals surface area contributed by atoms with Gasteiger partial charge in [0.05, 0.1) is 40.5 Å². The lowest BCUT2D eigenvalue weighted by molar-refractivity contribution is -0.133. The molecule has 3 saturated heterocycles. The number of β-amino-alcohol motifs (C(OH)–C–C–N with tert-alkyl or cyclic N) is 1. The number of phenolic OH excluding ortho intramolecular Hbond substituents is 1. The second kappa shape index (κ2) is 21.1. The van der Waals surface area contributed by atoms with Gasteiger partial charge in [0.2, 0.25) is 18.7 Å². The van der Waals surface area contributed by atoms with Gasteiger partial charge in [0.25, 0.3) is 0 Å². The van der Waals surface area contributed by atoms with Crippen molar-refractivity contribution in [1.29, 1.82) is 0 Å². The number of nitrogens with zero attached hydrogens (tertiary/aromatic N) is 8. The van der Waals surface area contributed by atoms with Crippen molar-refractivity contribution in [3.63, 3.8) is 0 Å². The summed E-state index contributed by atoms with van der Waals surface area (Å²) in [6, 6.07) is 21.6. The summed E-state index contributed by atoms with van der Waals surface area (Å²) >= 11 is 3.31. The molecule has 0 radical (unpaired) electrons. The van der Waals surface area contributed by atoms with Gasteiger partial charge in [-0.2, -0.15) is 0 Å². The molecule has 4 aromatic heterocycles. The average Bonchev–Trinajstić information content (AvgIpc) is 4.10. The quantitative estimate of drug-likeness (QED) is 0.120. The number of aromatic nitrogens is 4. The zero-order valence-electron chi connectivity index (χ0n) is 36.1. The molecule has 7 heterocycles. The van der Waals surface area contributed by atoms with Crippen LogP contribution in [0.4, 0.5) is 5.82 Å². The second-order valence-electron chi connectivity index (χ2n) is 16.6. The van der Waals surface area contributed by atoms with E-state index in [-0.39, 0.29) is 23.8 Å². The Morgan fingerprint density at radius 2 is 1.73 bits per heavy atom.